The van der Waals surface area contributed by atoms with Crippen LogP contribution in [-0.4, -0.2) is 28.7 Å². The Morgan fingerprint density at radius 3 is 2.69 bits per heavy atom. The molecule has 1 aromatic rings. The first kappa shape index (κ1) is 10.3. The van der Waals surface area contributed by atoms with E-state index >= 15 is 0 Å². The average molecular weight is 217 g/mol. The summed E-state index contributed by atoms with van der Waals surface area (Å²) in [5.41, 5.74) is 1.36. The van der Waals surface area contributed by atoms with Crippen molar-refractivity contribution < 1.29 is 5.11 Å². The second-order valence-electron chi connectivity index (χ2n) is 5.23. The predicted molar refractivity (Wildman–Crippen MR) is 64.0 cm³/mol. The van der Waals surface area contributed by atoms with Crippen molar-refractivity contribution in [2.24, 2.45) is 5.92 Å². The van der Waals surface area contributed by atoms with Crippen LogP contribution in [0, 0.1) is 5.92 Å². The van der Waals surface area contributed by atoms with E-state index in [1.165, 1.54) is 24.9 Å². The minimum absolute atomic E-state index is 0.0868. The molecule has 2 saturated heterocycles. The zero-order valence-corrected chi connectivity index (χ0v) is 9.55. The lowest BCUT2D eigenvalue weighted by molar-refractivity contribution is -0.0582. The van der Waals surface area contributed by atoms with Gasteiger partial charge in [0.1, 0.15) is 0 Å². The van der Waals surface area contributed by atoms with Crippen molar-refractivity contribution in [1.29, 1.82) is 0 Å². The quantitative estimate of drug-likeness (QED) is 0.819. The number of aliphatic hydroxyl groups is 1. The maximum absolute atomic E-state index is 10.0. The van der Waals surface area contributed by atoms with Gasteiger partial charge in [-0.15, -0.1) is 0 Å². The third kappa shape index (κ3) is 1.87. The first-order valence-corrected chi connectivity index (χ1v) is 6.29. The largest absolute Gasteiger partial charge is 0.391 e. The maximum Gasteiger partial charge on any atom is 0.0698 e. The van der Waals surface area contributed by atoms with Crippen molar-refractivity contribution in [2.75, 3.05) is 6.54 Å². The van der Waals surface area contributed by atoms with Gasteiger partial charge < -0.3 is 5.11 Å². The summed E-state index contributed by atoms with van der Waals surface area (Å²) in [5, 5.41) is 10.0. The molecule has 1 N–H and O–H groups in total. The maximum atomic E-state index is 10.0. The minimum atomic E-state index is -0.0868. The topological polar surface area (TPSA) is 23.5 Å². The molecule has 0 aromatic heterocycles. The Bertz CT molecular complexity index is 351. The predicted octanol–water partition coefficient (Wildman–Crippen LogP) is 2.03. The highest BCUT2D eigenvalue weighted by molar-refractivity contribution is 5.15. The Morgan fingerprint density at radius 1 is 1.19 bits per heavy atom. The van der Waals surface area contributed by atoms with E-state index in [2.05, 4.69) is 35.2 Å². The highest BCUT2D eigenvalue weighted by Crippen LogP contribution is 2.35. The van der Waals surface area contributed by atoms with Gasteiger partial charge >= 0.3 is 0 Å². The molecular weight excluding hydrogens is 198 g/mol. The second kappa shape index (κ2) is 4.19. The van der Waals surface area contributed by atoms with Crippen molar-refractivity contribution in [3.8, 4) is 0 Å². The van der Waals surface area contributed by atoms with Gasteiger partial charge in [0, 0.05) is 19.1 Å². The number of benzene rings is 1. The third-order valence-electron chi connectivity index (χ3n) is 4.08. The van der Waals surface area contributed by atoms with Gasteiger partial charge in [-0.1, -0.05) is 30.3 Å². The Hall–Kier alpha value is -0.860. The molecule has 3 fully saturated rings. The summed E-state index contributed by atoms with van der Waals surface area (Å²) >= 11 is 0. The Labute approximate surface area is 96.9 Å². The van der Waals surface area contributed by atoms with E-state index in [1.807, 2.05) is 0 Å². The van der Waals surface area contributed by atoms with E-state index in [-0.39, 0.29) is 6.10 Å². The molecule has 0 unspecified atom stereocenters. The van der Waals surface area contributed by atoms with Crippen LogP contribution in [0.5, 0.6) is 0 Å². The van der Waals surface area contributed by atoms with Crippen LogP contribution < -0.4 is 0 Å². The van der Waals surface area contributed by atoms with Crippen LogP contribution >= 0.6 is 0 Å². The Kier molecular flexibility index (Phi) is 2.70. The van der Waals surface area contributed by atoms with Crippen molar-refractivity contribution >= 4 is 0 Å². The molecular formula is C14H19NO. The van der Waals surface area contributed by atoms with Crippen molar-refractivity contribution in [3.63, 3.8) is 0 Å². The third-order valence-corrected chi connectivity index (χ3v) is 4.08. The van der Waals surface area contributed by atoms with Gasteiger partial charge in [-0.2, -0.15) is 0 Å². The highest BCUT2D eigenvalue weighted by Gasteiger charge is 2.39. The molecule has 2 aliphatic heterocycles. The van der Waals surface area contributed by atoms with E-state index in [1.54, 1.807) is 0 Å². The van der Waals surface area contributed by atoms with Gasteiger partial charge in [-0.3, -0.25) is 4.90 Å². The molecule has 4 rings (SSSR count). The lowest BCUT2D eigenvalue weighted by atomic mass is 9.78. The molecule has 2 heteroatoms. The monoisotopic (exact) mass is 217 g/mol. The molecule has 2 bridgehead atoms. The van der Waals surface area contributed by atoms with Crippen LogP contribution in [0.4, 0.5) is 0 Å². The van der Waals surface area contributed by atoms with E-state index < -0.39 is 0 Å². The fraction of sp³-hybridized carbons (Fsp3) is 0.571. The number of piperidine rings is 2. The summed E-state index contributed by atoms with van der Waals surface area (Å²) in [6, 6.07) is 11.0. The van der Waals surface area contributed by atoms with Crippen LogP contribution in [-0.2, 0) is 6.54 Å². The molecule has 3 aliphatic rings. The lowest BCUT2D eigenvalue weighted by Crippen LogP contribution is -2.55. The zero-order valence-electron chi connectivity index (χ0n) is 9.55. The molecule has 0 spiro atoms. The SMILES string of the molecule is O[C@H]1C[C@H]2CC[C@H]1N(Cc1ccccc1)C2. The molecule has 0 radical (unpaired) electrons. The standard InChI is InChI=1S/C14H19NO/c16-14-8-12-6-7-13(14)15(10-12)9-11-4-2-1-3-5-11/h1-5,12-14,16H,6-10H2/t12-,13-,14+/m1/s1. The lowest BCUT2D eigenvalue weighted by Gasteiger charge is -2.48. The Morgan fingerprint density at radius 2 is 2.00 bits per heavy atom. The highest BCUT2D eigenvalue weighted by atomic mass is 16.3. The van der Waals surface area contributed by atoms with Crippen LogP contribution in [0.2, 0.25) is 0 Å². The number of hydrogen-bond donors (Lipinski definition) is 1. The number of fused-ring (bicyclic) bond motifs is 3. The average Bonchev–Trinajstić information content (AvgIpc) is 2.30. The molecule has 2 heterocycles. The summed E-state index contributed by atoms with van der Waals surface area (Å²) in [4.78, 5) is 2.47. The molecule has 3 atom stereocenters. The molecule has 0 amide bonds. The van der Waals surface area contributed by atoms with Crippen LogP contribution in [0.25, 0.3) is 0 Å². The second-order valence-corrected chi connectivity index (χ2v) is 5.23. The smallest absolute Gasteiger partial charge is 0.0698 e. The van der Waals surface area contributed by atoms with Crippen LogP contribution in [0.3, 0.4) is 0 Å². The normalized spacial score (nSPS) is 34.2. The molecule has 2 nitrogen and oxygen atoms in total. The van der Waals surface area contributed by atoms with E-state index in [4.69, 9.17) is 0 Å². The van der Waals surface area contributed by atoms with E-state index in [9.17, 15) is 5.11 Å². The minimum Gasteiger partial charge on any atom is -0.391 e. The van der Waals surface area contributed by atoms with Gasteiger partial charge in [0.15, 0.2) is 0 Å². The number of hydrogen-bond acceptors (Lipinski definition) is 2. The summed E-state index contributed by atoms with van der Waals surface area (Å²) in [5.74, 6) is 0.726. The first-order valence-electron chi connectivity index (χ1n) is 6.29. The van der Waals surface area contributed by atoms with Crippen LogP contribution in [0.1, 0.15) is 24.8 Å². The molecule has 16 heavy (non-hydrogen) atoms. The zero-order chi connectivity index (χ0) is 11.0. The van der Waals surface area contributed by atoms with E-state index in [0.29, 0.717) is 6.04 Å². The van der Waals surface area contributed by atoms with E-state index in [0.717, 1.165) is 18.9 Å². The van der Waals surface area contributed by atoms with Gasteiger partial charge in [0.2, 0.25) is 0 Å². The van der Waals surface area contributed by atoms with Gasteiger partial charge in [0.25, 0.3) is 0 Å². The van der Waals surface area contributed by atoms with Crippen molar-refractivity contribution in [3.05, 3.63) is 35.9 Å². The molecule has 1 saturated carbocycles. The van der Waals surface area contributed by atoms with Crippen molar-refractivity contribution in [2.45, 2.75) is 38.0 Å². The van der Waals surface area contributed by atoms with Crippen LogP contribution in [0.15, 0.2) is 30.3 Å². The molecule has 1 aliphatic carbocycles. The first-order chi connectivity index (χ1) is 7.83. The summed E-state index contributed by atoms with van der Waals surface area (Å²) in [6.45, 7) is 2.18. The number of rotatable bonds is 2. The molecule has 86 valence electrons. The number of aliphatic hydroxyl groups excluding tert-OH is 1. The van der Waals surface area contributed by atoms with Gasteiger partial charge in [-0.25, -0.2) is 0 Å². The van der Waals surface area contributed by atoms with Gasteiger partial charge in [-0.05, 0) is 30.7 Å². The number of nitrogens with zero attached hydrogens (tertiary/aromatic N) is 1. The Balaban J connectivity index is 1.72. The molecule has 1 aromatic carbocycles. The van der Waals surface area contributed by atoms with Gasteiger partial charge in [0.05, 0.1) is 6.10 Å². The fourth-order valence-corrected chi connectivity index (χ4v) is 3.27. The fourth-order valence-electron chi connectivity index (χ4n) is 3.27. The van der Waals surface area contributed by atoms with Crippen molar-refractivity contribution in [1.82, 2.24) is 4.90 Å². The summed E-state index contributed by atoms with van der Waals surface area (Å²) < 4.78 is 0. The summed E-state index contributed by atoms with van der Waals surface area (Å²) in [7, 11) is 0. The summed E-state index contributed by atoms with van der Waals surface area (Å²) in [6.07, 6.45) is 3.43.